The van der Waals surface area contributed by atoms with Gasteiger partial charge in [0.15, 0.2) is 0 Å². The second kappa shape index (κ2) is 7.66. The third-order valence-corrected chi connectivity index (χ3v) is 2.55. The van der Waals surface area contributed by atoms with Crippen LogP contribution in [0.25, 0.3) is 0 Å². The molecule has 5 heteroatoms. The maximum Gasteiger partial charge on any atom is 0.239 e. The van der Waals surface area contributed by atoms with Crippen LogP contribution in [0.5, 0.6) is 0 Å². The summed E-state index contributed by atoms with van der Waals surface area (Å²) in [5, 5.41) is 5.96. The van der Waals surface area contributed by atoms with Gasteiger partial charge in [0.1, 0.15) is 5.82 Å². The van der Waals surface area contributed by atoms with Crippen molar-refractivity contribution in [1.29, 1.82) is 0 Å². The highest BCUT2D eigenvalue weighted by atomic mass is 16.2. The van der Waals surface area contributed by atoms with Crippen molar-refractivity contribution < 1.29 is 4.79 Å². The van der Waals surface area contributed by atoms with E-state index in [9.17, 15) is 4.79 Å². The molecule has 0 spiro atoms. The molecule has 0 fully saturated rings. The lowest BCUT2D eigenvalue weighted by molar-refractivity contribution is -0.119. The van der Waals surface area contributed by atoms with E-state index in [-0.39, 0.29) is 5.91 Å². The predicted molar refractivity (Wildman–Crippen MR) is 73.6 cm³/mol. The molecule has 0 aliphatic carbocycles. The Bertz CT molecular complexity index is 381. The monoisotopic (exact) mass is 250 g/mol. The SMILES string of the molecule is CCCNC(=O)CN(C)c1ncccc1CNC. The number of likely N-dealkylation sites (N-methyl/N-ethyl adjacent to an activating group) is 1. The molecule has 1 aromatic heterocycles. The minimum Gasteiger partial charge on any atom is -0.355 e. The molecule has 18 heavy (non-hydrogen) atoms. The molecule has 0 aliphatic rings. The summed E-state index contributed by atoms with van der Waals surface area (Å²) >= 11 is 0. The van der Waals surface area contributed by atoms with Gasteiger partial charge in [0, 0.05) is 31.9 Å². The van der Waals surface area contributed by atoms with Crippen molar-refractivity contribution in [3.8, 4) is 0 Å². The Labute approximate surface area is 109 Å². The molecule has 0 radical (unpaired) electrons. The number of rotatable bonds is 7. The smallest absolute Gasteiger partial charge is 0.239 e. The summed E-state index contributed by atoms with van der Waals surface area (Å²) < 4.78 is 0. The Morgan fingerprint density at radius 2 is 2.28 bits per heavy atom. The fourth-order valence-electron chi connectivity index (χ4n) is 1.71. The number of aromatic nitrogens is 1. The average molecular weight is 250 g/mol. The molecule has 1 rings (SSSR count). The van der Waals surface area contributed by atoms with E-state index < -0.39 is 0 Å². The quantitative estimate of drug-likeness (QED) is 0.750. The third kappa shape index (κ3) is 4.33. The zero-order chi connectivity index (χ0) is 13.4. The maximum atomic E-state index is 11.7. The fraction of sp³-hybridized carbons (Fsp3) is 0.538. The van der Waals surface area contributed by atoms with Crippen LogP contribution in [0.4, 0.5) is 5.82 Å². The summed E-state index contributed by atoms with van der Waals surface area (Å²) in [5.74, 6) is 0.874. The molecule has 0 saturated carbocycles. The maximum absolute atomic E-state index is 11.7. The van der Waals surface area contributed by atoms with Gasteiger partial charge in [0.25, 0.3) is 0 Å². The summed E-state index contributed by atoms with van der Waals surface area (Å²) in [5.41, 5.74) is 1.09. The van der Waals surface area contributed by atoms with E-state index in [4.69, 9.17) is 0 Å². The highest BCUT2D eigenvalue weighted by Gasteiger charge is 2.11. The Morgan fingerprint density at radius 3 is 2.94 bits per heavy atom. The molecule has 0 saturated heterocycles. The molecular formula is C13H22N4O. The van der Waals surface area contributed by atoms with E-state index in [2.05, 4.69) is 15.6 Å². The van der Waals surface area contributed by atoms with Gasteiger partial charge in [-0.3, -0.25) is 4.79 Å². The second-order valence-electron chi connectivity index (χ2n) is 4.22. The number of hydrogen-bond donors (Lipinski definition) is 2. The molecule has 2 N–H and O–H groups in total. The molecule has 5 nitrogen and oxygen atoms in total. The summed E-state index contributed by atoms with van der Waals surface area (Å²) in [4.78, 5) is 17.9. The molecular weight excluding hydrogens is 228 g/mol. The predicted octanol–water partition coefficient (Wildman–Crippen LogP) is 0.763. The van der Waals surface area contributed by atoms with Crippen molar-refractivity contribution >= 4 is 11.7 Å². The number of carbonyl (C=O) groups is 1. The number of nitrogens with one attached hydrogen (secondary N) is 2. The van der Waals surface area contributed by atoms with Gasteiger partial charge >= 0.3 is 0 Å². The topological polar surface area (TPSA) is 57.3 Å². The van der Waals surface area contributed by atoms with E-state index in [0.717, 1.165) is 30.9 Å². The van der Waals surface area contributed by atoms with E-state index in [1.54, 1.807) is 6.20 Å². The largest absolute Gasteiger partial charge is 0.355 e. The van der Waals surface area contributed by atoms with Gasteiger partial charge in [-0.25, -0.2) is 4.98 Å². The first-order valence-corrected chi connectivity index (χ1v) is 6.25. The summed E-state index contributed by atoms with van der Waals surface area (Å²) in [6, 6.07) is 3.92. The molecule has 1 amide bonds. The zero-order valence-electron chi connectivity index (χ0n) is 11.4. The van der Waals surface area contributed by atoms with Crippen molar-refractivity contribution in [3.05, 3.63) is 23.9 Å². The van der Waals surface area contributed by atoms with Crippen LogP contribution in [-0.4, -0.2) is 38.1 Å². The standard InChI is InChI=1S/C13H22N4O/c1-4-7-15-12(18)10-17(3)13-11(9-14-2)6-5-8-16-13/h5-6,8,14H,4,7,9-10H2,1-3H3,(H,15,18). The summed E-state index contributed by atoms with van der Waals surface area (Å²) in [6.45, 7) is 3.82. The number of nitrogens with zero attached hydrogens (tertiary/aromatic N) is 2. The minimum atomic E-state index is 0.0282. The van der Waals surface area contributed by atoms with Gasteiger partial charge in [-0.1, -0.05) is 13.0 Å². The van der Waals surface area contributed by atoms with Crippen LogP contribution in [0.15, 0.2) is 18.3 Å². The van der Waals surface area contributed by atoms with Crippen LogP contribution in [0.1, 0.15) is 18.9 Å². The lowest BCUT2D eigenvalue weighted by Gasteiger charge is -2.20. The van der Waals surface area contributed by atoms with Crippen molar-refractivity contribution in [1.82, 2.24) is 15.6 Å². The normalized spacial score (nSPS) is 10.2. The first kappa shape index (κ1) is 14.4. The second-order valence-corrected chi connectivity index (χ2v) is 4.22. The van der Waals surface area contributed by atoms with Crippen molar-refractivity contribution in [2.24, 2.45) is 0 Å². The van der Waals surface area contributed by atoms with Crippen LogP contribution in [-0.2, 0) is 11.3 Å². The first-order chi connectivity index (χ1) is 8.69. The van der Waals surface area contributed by atoms with Gasteiger partial charge in [-0.05, 0) is 19.5 Å². The van der Waals surface area contributed by atoms with Crippen LogP contribution in [0.3, 0.4) is 0 Å². The fourth-order valence-corrected chi connectivity index (χ4v) is 1.71. The van der Waals surface area contributed by atoms with Gasteiger partial charge in [-0.15, -0.1) is 0 Å². The van der Waals surface area contributed by atoms with Crippen LogP contribution in [0.2, 0.25) is 0 Å². The minimum absolute atomic E-state index is 0.0282. The summed E-state index contributed by atoms with van der Waals surface area (Å²) in [7, 11) is 3.78. The Balaban J connectivity index is 2.65. The average Bonchev–Trinajstić information content (AvgIpc) is 2.37. The molecule has 1 aromatic rings. The van der Waals surface area contributed by atoms with Gasteiger partial charge in [0.2, 0.25) is 5.91 Å². The molecule has 0 unspecified atom stereocenters. The lowest BCUT2D eigenvalue weighted by atomic mass is 10.2. The third-order valence-electron chi connectivity index (χ3n) is 2.55. The van der Waals surface area contributed by atoms with E-state index >= 15 is 0 Å². The highest BCUT2D eigenvalue weighted by Crippen LogP contribution is 2.14. The van der Waals surface area contributed by atoms with Crippen molar-refractivity contribution in [2.75, 3.05) is 32.1 Å². The molecule has 100 valence electrons. The van der Waals surface area contributed by atoms with E-state index in [0.29, 0.717) is 6.54 Å². The van der Waals surface area contributed by atoms with Crippen molar-refractivity contribution in [2.45, 2.75) is 19.9 Å². The summed E-state index contributed by atoms with van der Waals surface area (Å²) in [6.07, 6.45) is 2.69. The molecule has 0 aliphatic heterocycles. The number of hydrogen-bond acceptors (Lipinski definition) is 4. The number of anilines is 1. The van der Waals surface area contributed by atoms with Gasteiger partial charge < -0.3 is 15.5 Å². The molecule has 0 atom stereocenters. The van der Waals surface area contributed by atoms with E-state index in [1.807, 2.05) is 38.1 Å². The van der Waals surface area contributed by atoms with Crippen molar-refractivity contribution in [3.63, 3.8) is 0 Å². The van der Waals surface area contributed by atoms with Crippen LogP contribution in [0, 0.1) is 0 Å². The first-order valence-electron chi connectivity index (χ1n) is 6.25. The molecule has 1 heterocycles. The van der Waals surface area contributed by atoms with Gasteiger partial charge in [-0.2, -0.15) is 0 Å². The van der Waals surface area contributed by atoms with Crippen LogP contribution < -0.4 is 15.5 Å². The highest BCUT2D eigenvalue weighted by molar-refractivity contribution is 5.81. The molecule has 0 bridgehead atoms. The van der Waals surface area contributed by atoms with Crippen LogP contribution >= 0.6 is 0 Å². The number of carbonyl (C=O) groups excluding carboxylic acids is 1. The molecule has 0 aromatic carbocycles. The number of amides is 1. The Hall–Kier alpha value is -1.62. The Kier molecular flexibility index (Phi) is 6.14. The van der Waals surface area contributed by atoms with E-state index in [1.165, 1.54) is 0 Å². The van der Waals surface area contributed by atoms with Gasteiger partial charge in [0.05, 0.1) is 6.54 Å². The lowest BCUT2D eigenvalue weighted by Crippen LogP contribution is -2.36. The Morgan fingerprint density at radius 1 is 1.50 bits per heavy atom. The number of pyridine rings is 1. The zero-order valence-corrected chi connectivity index (χ0v) is 11.4.